The molecule has 20 heavy (non-hydrogen) atoms. The summed E-state index contributed by atoms with van der Waals surface area (Å²) in [5.41, 5.74) is 3.27. The van der Waals surface area contributed by atoms with Crippen LogP contribution >= 0.6 is 0 Å². The number of anilines is 1. The number of rotatable bonds is 2. The Morgan fingerprint density at radius 3 is 2.70 bits per heavy atom. The molecule has 0 fully saturated rings. The zero-order valence-corrected chi connectivity index (χ0v) is 11.3. The second-order valence-electron chi connectivity index (χ2n) is 4.98. The lowest BCUT2D eigenvalue weighted by Gasteiger charge is -2.30. The Balaban J connectivity index is 1.97. The number of benzene rings is 2. The van der Waals surface area contributed by atoms with E-state index in [-0.39, 0.29) is 12.0 Å². The maximum absolute atomic E-state index is 9.45. The van der Waals surface area contributed by atoms with E-state index in [1.165, 1.54) is 5.56 Å². The maximum atomic E-state index is 9.45. The molecule has 2 aromatic carbocycles. The topological polar surface area (TPSA) is 45.0 Å². The highest BCUT2D eigenvalue weighted by Crippen LogP contribution is 2.41. The highest BCUT2D eigenvalue weighted by Gasteiger charge is 2.27. The molecule has 3 heteroatoms. The lowest BCUT2D eigenvalue weighted by molar-refractivity contribution is 0.413. The molecule has 1 heterocycles. The van der Waals surface area contributed by atoms with Gasteiger partial charge in [-0.05, 0) is 35.7 Å². The molecule has 1 N–H and O–H groups in total. The van der Waals surface area contributed by atoms with Gasteiger partial charge in [-0.2, -0.15) is 5.26 Å². The second kappa shape index (κ2) is 5.26. The van der Waals surface area contributed by atoms with Crippen LogP contribution in [0.2, 0.25) is 0 Å². The first-order valence-electron chi connectivity index (χ1n) is 6.71. The van der Waals surface area contributed by atoms with Crippen molar-refractivity contribution in [3.63, 3.8) is 0 Å². The van der Waals surface area contributed by atoms with Crippen LogP contribution < -0.4 is 10.1 Å². The molecule has 0 amide bonds. The van der Waals surface area contributed by atoms with Gasteiger partial charge >= 0.3 is 0 Å². The third-order valence-electron chi connectivity index (χ3n) is 3.79. The fourth-order valence-corrected chi connectivity index (χ4v) is 2.72. The van der Waals surface area contributed by atoms with Crippen LogP contribution in [0.5, 0.6) is 5.75 Å². The molecule has 3 nitrogen and oxygen atoms in total. The first-order valence-corrected chi connectivity index (χ1v) is 6.71. The number of methoxy groups -OCH3 is 1. The fourth-order valence-electron chi connectivity index (χ4n) is 2.72. The molecule has 0 aliphatic carbocycles. The van der Waals surface area contributed by atoms with Crippen LogP contribution in [-0.4, -0.2) is 7.11 Å². The summed E-state index contributed by atoms with van der Waals surface area (Å²) in [6.07, 6.45) is 0.778. The van der Waals surface area contributed by atoms with E-state index in [1.54, 1.807) is 7.11 Å². The molecule has 0 radical (unpaired) electrons. The fraction of sp³-hybridized carbons (Fsp3) is 0.235. The van der Waals surface area contributed by atoms with Crippen molar-refractivity contribution in [3.05, 3.63) is 59.7 Å². The molecule has 0 saturated carbocycles. The molecule has 2 aromatic rings. The van der Waals surface area contributed by atoms with Gasteiger partial charge in [-0.1, -0.05) is 30.3 Å². The number of nitrogens with zero attached hydrogens (tertiary/aromatic N) is 1. The molecule has 0 saturated heterocycles. The third kappa shape index (κ3) is 2.21. The summed E-state index contributed by atoms with van der Waals surface area (Å²) in [6, 6.07) is 18.7. The van der Waals surface area contributed by atoms with Crippen LogP contribution in [0.25, 0.3) is 0 Å². The summed E-state index contributed by atoms with van der Waals surface area (Å²) < 4.78 is 5.25. The molecule has 0 bridgehead atoms. The molecule has 0 aromatic heterocycles. The van der Waals surface area contributed by atoms with Gasteiger partial charge in [0, 0.05) is 5.69 Å². The number of nitriles is 1. The van der Waals surface area contributed by atoms with Gasteiger partial charge in [0.05, 0.1) is 25.1 Å². The summed E-state index contributed by atoms with van der Waals surface area (Å²) in [4.78, 5) is 0. The lowest BCUT2D eigenvalue weighted by Crippen LogP contribution is -2.21. The van der Waals surface area contributed by atoms with Gasteiger partial charge < -0.3 is 10.1 Å². The monoisotopic (exact) mass is 264 g/mol. The number of hydrogen-bond donors (Lipinski definition) is 1. The van der Waals surface area contributed by atoms with Gasteiger partial charge in [-0.25, -0.2) is 0 Å². The number of ether oxygens (including phenoxy) is 1. The SMILES string of the molecule is COc1ccc2c(c1)C(C#N)CC(c1ccccc1)N2. The Kier molecular flexibility index (Phi) is 3.30. The van der Waals surface area contributed by atoms with E-state index in [0.717, 1.165) is 23.4 Å². The summed E-state index contributed by atoms with van der Waals surface area (Å²) >= 11 is 0. The number of fused-ring (bicyclic) bond motifs is 1. The molecule has 1 aliphatic rings. The minimum absolute atomic E-state index is 0.105. The Morgan fingerprint density at radius 1 is 1.20 bits per heavy atom. The van der Waals surface area contributed by atoms with Crippen molar-refractivity contribution in [1.29, 1.82) is 5.26 Å². The van der Waals surface area contributed by atoms with E-state index in [1.807, 2.05) is 36.4 Å². The van der Waals surface area contributed by atoms with Gasteiger partial charge in [-0.3, -0.25) is 0 Å². The maximum Gasteiger partial charge on any atom is 0.119 e. The van der Waals surface area contributed by atoms with Gasteiger partial charge in [0.1, 0.15) is 5.75 Å². The Labute approximate surface area is 118 Å². The van der Waals surface area contributed by atoms with Crippen LogP contribution in [0, 0.1) is 11.3 Å². The number of hydrogen-bond acceptors (Lipinski definition) is 3. The van der Waals surface area contributed by atoms with Crippen molar-refractivity contribution in [2.45, 2.75) is 18.4 Å². The predicted molar refractivity (Wildman–Crippen MR) is 78.8 cm³/mol. The van der Waals surface area contributed by atoms with E-state index < -0.39 is 0 Å². The lowest BCUT2D eigenvalue weighted by atomic mass is 9.85. The smallest absolute Gasteiger partial charge is 0.119 e. The molecule has 2 unspecified atom stereocenters. The van der Waals surface area contributed by atoms with Crippen molar-refractivity contribution >= 4 is 5.69 Å². The molecule has 2 atom stereocenters. The van der Waals surface area contributed by atoms with Crippen LogP contribution in [0.1, 0.15) is 29.5 Å². The first-order chi connectivity index (χ1) is 9.81. The average molecular weight is 264 g/mol. The second-order valence-corrected chi connectivity index (χ2v) is 4.98. The van der Waals surface area contributed by atoms with E-state index in [4.69, 9.17) is 4.74 Å². The van der Waals surface area contributed by atoms with Crippen molar-refractivity contribution < 1.29 is 4.74 Å². The largest absolute Gasteiger partial charge is 0.497 e. The summed E-state index contributed by atoms with van der Waals surface area (Å²) in [7, 11) is 1.64. The van der Waals surface area contributed by atoms with Crippen LogP contribution in [0.4, 0.5) is 5.69 Å². The van der Waals surface area contributed by atoms with Crippen LogP contribution in [0.3, 0.4) is 0 Å². The highest BCUT2D eigenvalue weighted by molar-refractivity contribution is 5.60. The van der Waals surface area contributed by atoms with E-state index in [0.29, 0.717) is 0 Å². The number of nitrogens with one attached hydrogen (secondary N) is 1. The minimum Gasteiger partial charge on any atom is -0.497 e. The zero-order chi connectivity index (χ0) is 13.9. The first kappa shape index (κ1) is 12.6. The standard InChI is InChI=1S/C17H16N2O/c1-20-14-7-8-16-15(10-14)13(11-18)9-17(19-16)12-5-3-2-4-6-12/h2-8,10,13,17,19H,9H2,1H3. The molecule has 3 rings (SSSR count). The van der Waals surface area contributed by atoms with Crippen LogP contribution in [-0.2, 0) is 0 Å². The highest BCUT2D eigenvalue weighted by atomic mass is 16.5. The zero-order valence-electron chi connectivity index (χ0n) is 11.3. The third-order valence-corrected chi connectivity index (χ3v) is 3.79. The molecular weight excluding hydrogens is 248 g/mol. The van der Waals surface area contributed by atoms with Crippen molar-refractivity contribution in [2.24, 2.45) is 0 Å². The van der Waals surface area contributed by atoms with Gasteiger partial charge in [0.2, 0.25) is 0 Å². The predicted octanol–water partition coefficient (Wildman–Crippen LogP) is 3.86. The summed E-state index contributed by atoms with van der Waals surface area (Å²) in [6.45, 7) is 0. The molecule has 0 spiro atoms. The van der Waals surface area contributed by atoms with Crippen molar-refractivity contribution in [3.8, 4) is 11.8 Å². The summed E-state index contributed by atoms with van der Waals surface area (Å²) in [5, 5.41) is 13.0. The quantitative estimate of drug-likeness (QED) is 0.895. The normalized spacial score (nSPS) is 20.4. The molecule has 100 valence electrons. The molecule has 1 aliphatic heterocycles. The average Bonchev–Trinajstić information content (AvgIpc) is 2.54. The summed E-state index contributed by atoms with van der Waals surface area (Å²) in [5.74, 6) is 0.690. The van der Waals surface area contributed by atoms with Crippen LogP contribution in [0.15, 0.2) is 48.5 Å². The molecular formula is C17H16N2O. The van der Waals surface area contributed by atoms with E-state index in [9.17, 15) is 5.26 Å². The van der Waals surface area contributed by atoms with Gasteiger partial charge in [0.25, 0.3) is 0 Å². The minimum atomic E-state index is -0.105. The van der Waals surface area contributed by atoms with E-state index in [2.05, 4.69) is 23.5 Å². The Bertz CT molecular complexity index is 646. The van der Waals surface area contributed by atoms with Crippen molar-refractivity contribution in [1.82, 2.24) is 0 Å². The van der Waals surface area contributed by atoms with Gasteiger partial charge in [0.15, 0.2) is 0 Å². The Hall–Kier alpha value is -2.47. The van der Waals surface area contributed by atoms with Gasteiger partial charge in [-0.15, -0.1) is 0 Å². The van der Waals surface area contributed by atoms with Crippen molar-refractivity contribution in [2.75, 3.05) is 12.4 Å². The van der Waals surface area contributed by atoms with E-state index >= 15 is 0 Å². The Morgan fingerprint density at radius 2 is 2.00 bits per heavy atom.